The summed E-state index contributed by atoms with van der Waals surface area (Å²) in [7, 11) is 0. The number of aliphatic hydroxyl groups excluding tert-OH is 3. The van der Waals surface area contributed by atoms with Gasteiger partial charge in [-0.2, -0.15) is 26.3 Å². The van der Waals surface area contributed by atoms with E-state index in [-0.39, 0.29) is 31.4 Å². The molecule has 1 aromatic carbocycles. The Morgan fingerprint density at radius 3 is 2.13 bits per heavy atom. The Morgan fingerprint density at radius 2 is 1.64 bits per heavy atom. The van der Waals surface area contributed by atoms with Crippen molar-refractivity contribution < 1.29 is 55.7 Å². The number of alkyl halides is 6. The first-order valence-corrected chi connectivity index (χ1v) is 14.6. The van der Waals surface area contributed by atoms with Gasteiger partial charge in [-0.05, 0) is 73.6 Å². The third-order valence-electron chi connectivity index (χ3n) is 8.58. The predicted molar refractivity (Wildman–Crippen MR) is 151 cm³/mol. The van der Waals surface area contributed by atoms with Gasteiger partial charge < -0.3 is 19.7 Å². The molecule has 0 spiro atoms. The van der Waals surface area contributed by atoms with Crippen molar-refractivity contribution >= 4 is 23.6 Å². The molecule has 4 rings (SSSR count). The van der Waals surface area contributed by atoms with Crippen molar-refractivity contribution in [2.24, 2.45) is 23.7 Å². The van der Waals surface area contributed by atoms with Crippen molar-refractivity contribution in [2.75, 3.05) is 11.5 Å². The second-order valence-electron chi connectivity index (χ2n) is 11.7. The number of halogens is 6. The molecule has 0 bridgehead atoms. The Kier molecular flexibility index (Phi) is 10.1. The van der Waals surface area contributed by atoms with Crippen molar-refractivity contribution in [2.45, 2.75) is 71.5 Å². The van der Waals surface area contributed by atoms with Crippen molar-refractivity contribution in [1.29, 1.82) is 0 Å². The number of rotatable bonds is 10. The third-order valence-corrected chi connectivity index (χ3v) is 8.58. The van der Waals surface area contributed by atoms with Crippen LogP contribution in [0.25, 0.3) is 6.08 Å². The van der Waals surface area contributed by atoms with Gasteiger partial charge in [0.05, 0.1) is 41.4 Å². The van der Waals surface area contributed by atoms with Gasteiger partial charge in [-0.1, -0.05) is 31.9 Å². The normalized spacial score (nSPS) is 22.1. The molecule has 0 radical (unpaired) electrons. The standard InChI is InChI=1S/C32H35F6NO6/c1-4-17(9-21-6-7-22(14-40)45-21)5-8-26(42)27-23(16(2)3)13-24-28(25(27)15-41)30(44)39(29(24)43)20-11-18(31(33,34)35)10-19(12-20)32(36,37)38/h6-7,9-12,16,24-26,28,40-42H,4-5,8,13-15H2,1-3H3/b17-9+/t24-,25+,26-,28-/m1/s1. The van der Waals surface area contributed by atoms with Crippen LogP contribution >= 0.6 is 0 Å². The molecule has 2 aromatic rings. The zero-order chi connectivity index (χ0) is 33.4. The summed E-state index contributed by atoms with van der Waals surface area (Å²) in [6.07, 6.45) is -8.65. The molecule has 7 nitrogen and oxygen atoms in total. The largest absolute Gasteiger partial charge is 0.459 e. The first-order valence-electron chi connectivity index (χ1n) is 14.6. The highest BCUT2D eigenvalue weighted by Gasteiger charge is 2.56. The minimum absolute atomic E-state index is 0.0514. The quantitative estimate of drug-likeness (QED) is 0.155. The van der Waals surface area contributed by atoms with Gasteiger partial charge >= 0.3 is 12.4 Å². The number of nitrogens with zero attached hydrogens (tertiary/aromatic N) is 1. The Morgan fingerprint density at radius 1 is 1.02 bits per heavy atom. The van der Waals surface area contributed by atoms with Gasteiger partial charge in [0.25, 0.3) is 0 Å². The number of imide groups is 1. The molecule has 1 aromatic heterocycles. The summed E-state index contributed by atoms with van der Waals surface area (Å²) in [5.74, 6) is -4.87. The first kappa shape index (κ1) is 34.5. The number of allylic oxidation sites excluding steroid dienone is 2. The van der Waals surface area contributed by atoms with Crippen LogP contribution in [0.1, 0.15) is 69.1 Å². The molecule has 3 N–H and O–H groups in total. The lowest BCUT2D eigenvalue weighted by Crippen LogP contribution is -2.40. The molecule has 0 saturated carbocycles. The molecular weight excluding hydrogens is 608 g/mol. The first-order chi connectivity index (χ1) is 21.0. The summed E-state index contributed by atoms with van der Waals surface area (Å²) in [6, 6.07) is 3.91. The highest BCUT2D eigenvalue weighted by molar-refractivity contribution is 6.22. The fraction of sp³-hybridized carbons (Fsp3) is 0.500. The van der Waals surface area contributed by atoms with E-state index in [0.717, 1.165) is 5.57 Å². The van der Waals surface area contributed by atoms with Gasteiger partial charge in [0.15, 0.2) is 0 Å². The highest BCUT2D eigenvalue weighted by Crippen LogP contribution is 2.50. The molecule has 1 aliphatic carbocycles. The Balaban J connectivity index is 1.68. The fourth-order valence-corrected chi connectivity index (χ4v) is 6.35. The van der Waals surface area contributed by atoms with Crippen LogP contribution in [0.15, 0.2) is 51.5 Å². The number of fused-ring (bicyclic) bond motifs is 1. The van der Waals surface area contributed by atoms with Crippen LogP contribution in [0.5, 0.6) is 0 Å². The van der Waals surface area contributed by atoms with Crippen molar-refractivity contribution in [3.8, 4) is 0 Å². The van der Waals surface area contributed by atoms with E-state index in [1.807, 2.05) is 6.92 Å². The topological polar surface area (TPSA) is 111 Å². The van der Waals surface area contributed by atoms with Crippen LogP contribution in [0.2, 0.25) is 0 Å². The van der Waals surface area contributed by atoms with Crippen LogP contribution in [-0.2, 0) is 28.5 Å². The van der Waals surface area contributed by atoms with E-state index < -0.39 is 71.4 Å². The molecule has 0 unspecified atom stereocenters. The molecule has 2 aliphatic rings. The van der Waals surface area contributed by atoms with Crippen molar-refractivity contribution in [1.82, 2.24) is 0 Å². The summed E-state index contributed by atoms with van der Waals surface area (Å²) in [4.78, 5) is 27.7. The maximum absolute atomic E-state index is 13.7. The van der Waals surface area contributed by atoms with Crippen LogP contribution in [0.4, 0.5) is 32.0 Å². The zero-order valence-corrected chi connectivity index (χ0v) is 24.9. The number of carbonyl (C=O) groups excluding carboxylic acids is 2. The van der Waals surface area contributed by atoms with Crippen LogP contribution in [0.3, 0.4) is 0 Å². The molecule has 1 saturated heterocycles. The Bertz CT molecular complexity index is 1460. The SMILES string of the molecule is CC/C(=C\c1ccc(CO)o1)CC[C@@H](O)C1=C(C(C)C)C[C@H]2C(=O)N(c3cc(C(F)(F)F)cc(C(F)(F)F)c3)C(=O)[C@H]2[C@H]1CO. The lowest BCUT2D eigenvalue weighted by molar-refractivity contribution is -0.143. The molecule has 45 heavy (non-hydrogen) atoms. The number of aliphatic hydroxyl groups is 3. The van der Waals surface area contributed by atoms with Gasteiger partial charge in [-0.3, -0.25) is 9.59 Å². The lowest BCUT2D eigenvalue weighted by Gasteiger charge is -2.38. The molecular formula is C32H35F6NO6. The number of furan rings is 1. The minimum atomic E-state index is -5.18. The highest BCUT2D eigenvalue weighted by atomic mass is 19.4. The molecule has 2 heterocycles. The number of carbonyl (C=O) groups is 2. The second kappa shape index (κ2) is 13.1. The molecule has 1 aliphatic heterocycles. The molecule has 4 atom stereocenters. The smallest absolute Gasteiger partial charge is 0.416 e. The zero-order valence-electron chi connectivity index (χ0n) is 24.9. The van der Waals surface area contributed by atoms with Crippen LogP contribution in [0, 0.1) is 23.7 Å². The third kappa shape index (κ3) is 7.05. The second-order valence-corrected chi connectivity index (χ2v) is 11.7. The van der Waals surface area contributed by atoms with E-state index in [2.05, 4.69) is 0 Å². The van der Waals surface area contributed by atoms with Gasteiger partial charge in [0.2, 0.25) is 11.8 Å². The van der Waals surface area contributed by atoms with E-state index >= 15 is 0 Å². The van der Waals surface area contributed by atoms with E-state index in [1.54, 1.807) is 32.1 Å². The molecule has 1 fully saturated rings. The number of anilines is 1. The van der Waals surface area contributed by atoms with Crippen molar-refractivity contribution in [3.05, 3.63) is 69.7 Å². The molecule has 13 heteroatoms. The predicted octanol–water partition coefficient (Wildman–Crippen LogP) is 6.51. The van der Waals surface area contributed by atoms with E-state index in [9.17, 15) is 51.3 Å². The lowest BCUT2D eigenvalue weighted by atomic mass is 9.66. The van der Waals surface area contributed by atoms with Crippen LogP contribution < -0.4 is 4.90 Å². The average molecular weight is 644 g/mol. The monoisotopic (exact) mass is 643 g/mol. The number of benzene rings is 1. The van der Waals surface area contributed by atoms with Gasteiger partial charge in [0, 0.05) is 5.92 Å². The maximum Gasteiger partial charge on any atom is 0.416 e. The number of hydrogen-bond acceptors (Lipinski definition) is 6. The summed E-state index contributed by atoms with van der Waals surface area (Å²) >= 11 is 0. The average Bonchev–Trinajstić information content (AvgIpc) is 3.53. The van der Waals surface area contributed by atoms with Gasteiger partial charge in [-0.15, -0.1) is 0 Å². The molecule has 2 amide bonds. The summed E-state index contributed by atoms with van der Waals surface area (Å²) < 4.78 is 86.9. The number of hydrogen-bond donors (Lipinski definition) is 3. The summed E-state index contributed by atoms with van der Waals surface area (Å²) in [5.41, 5.74) is -2.33. The number of amides is 2. The Labute approximate surface area is 255 Å². The minimum Gasteiger partial charge on any atom is -0.459 e. The summed E-state index contributed by atoms with van der Waals surface area (Å²) in [6.45, 7) is 4.56. The van der Waals surface area contributed by atoms with E-state index in [0.29, 0.717) is 52.5 Å². The van der Waals surface area contributed by atoms with Gasteiger partial charge in [0.1, 0.15) is 18.1 Å². The maximum atomic E-state index is 13.7. The van der Waals surface area contributed by atoms with Gasteiger partial charge in [-0.25, -0.2) is 4.90 Å². The van der Waals surface area contributed by atoms with E-state index in [1.165, 1.54) is 0 Å². The molecule has 246 valence electrons. The van der Waals surface area contributed by atoms with Crippen molar-refractivity contribution in [3.63, 3.8) is 0 Å². The van der Waals surface area contributed by atoms with Crippen LogP contribution in [-0.4, -0.2) is 39.8 Å². The fourth-order valence-electron chi connectivity index (χ4n) is 6.35. The summed E-state index contributed by atoms with van der Waals surface area (Å²) in [5, 5.41) is 31.2. The Hall–Kier alpha value is -3.42. The van der Waals surface area contributed by atoms with E-state index in [4.69, 9.17) is 4.42 Å².